The molecule has 13 heavy (non-hydrogen) atoms. The first-order valence-corrected chi connectivity index (χ1v) is 4.53. The monoisotopic (exact) mass is 179 g/mol. The lowest BCUT2D eigenvalue weighted by molar-refractivity contribution is 0.109. The molecule has 0 aromatic carbocycles. The highest BCUT2D eigenvalue weighted by molar-refractivity contribution is 5.70. The fourth-order valence-electron chi connectivity index (χ4n) is 1.43. The van der Waals surface area contributed by atoms with Gasteiger partial charge in [-0.25, -0.2) is 0 Å². The standard InChI is InChI=1S/C10H13NO2/c1-11(8-2-3-8)6-9-4-5-10(7-12)13-9/h4-5,7-8H,2-3,6H2,1H3. The molecule has 1 fully saturated rings. The van der Waals surface area contributed by atoms with Crippen LogP contribution in [0.3, 0.4) is 0 Å². The number of carbonyl (C=O) groups excluding carboxylic acids is 1. The van der Waals surface area contributed by atoms with Gasteiger partial charge in [0.15, 0.2) is 12.0 Å². The predicted molar refractivity (Wildman–Crippen MR) is 48.6 cm³/mol. The molecule has 3 heteroatoms. The molecule has 0 amide bonds. The van der Waals surface area contributed by atoms with Crippen molar-refractivity contribution in [1.29, 1.82) is 0 Å². The van der Waals surface area contributed by atoms with Gasteiger partial charge in [0.2, 0.25) is 0 Å². The van der Waals surface area contributed by atoms with Crippen molar-refractivity contribution < 1.29 is 9.21 Å². The number of rotatable bonds is 4. The number of furan rings is 1. The van der Waals surface area contributed by atoms with Crippen molar-refractivity contribution in [2.24, 2.45) is 0 Å². The van der Waals surface area contributed by atoms with Crippen LogP contribution >= 0.6 is 0 Å². The van der Waals surface area contributed by atoms with E-state index in [2.05, 4.69) is 11.9 Å². The minimum atomic E-state index is 0.416. The van der Waals surface area contributed by atoms with E-state index in [9.17, 15) is 4.79 Å². The van der Waals surface area contributed by atoms with Crippen LogP contribution in [-0.4, -0.2) is 24.3 Å². The molecule has 0 unspecified atom stereocenters. The molecule has 0 spiro atoms. The second-order valence-corrected chi connectivity index (χ2v) is 3.57. The van der Waals surface area contributed by atoms with Gasteiger partial charge < -0.3 is 4.42 Å². The Hall–Kier alpha value is -1.09. The van der Waals surface area contributed by atoms with E-state index >= 15 is 0 Å². The Morgan fingerprint density at radius 2 is 2.38 bits per heavy atom. The van der Waals surface area contributed by atoms with Crippen molar-refractivity contribution in [2.45, 2.75) is 25.4 Å². The SMILES string of the molecule is CN(Cc1ccc(C=O)o1)C1CC1. The van der Waals surface area contributed by atoms with Crippen molar-refractivity contribution >= 4 is 6.29 Å². The summed E-state index contributed by atoms with van der Waals surface area (Å²) in [4.78, 5) is 12.6. The summed E-state index contributed by atoms with van der Waals surface area (Å²) in [5.41, 5.74) is 0. The topological polar surface area (TPSA) is 33.5 Å². The molecular weight excluding hydrogens is 166 g/mol. The van der Waals surface area contributed by atoms with Crippen LogP contribution in [0.1, 0.15) is 29.2 Å². The van der Waals surface area contributed by atoms with Gasteiger partial charge in [-0.3, -0.25) is 9.69 Å². The molecule has 0 aliphatic heterocycles. The zero-order chi connectivity index (χ0) is 9.26. The smallest absolute Gasteiger partial charge is 0.185 e. The number of hydrogen-bond donors (Lipinski definition) is 0. The van der Waals surface area contributed by atoms with Gasteiger partial charge in [-0.1, -0.05) is 0 Å². The first-order valence-electron chi connectivity index (χ1n) is 4.53. The predicted octanol–water partition coefficient (Wildman–Crippen LogP) is 1.69. The lowest BCUT2D eigenvalue weighted by Crippen LogP contribution is -2.19. The van der Waals surface area contributed by atoms with E-state index < -0.39 is 0 Å². The van der Waals surface area contributed by atoms with Gasteiger partial charge in [0, 0.05) is 6.04 Å². The van der Waals surface area contributed by atoms with Gasteiger partial charge in [0.25, 0.3) is 0 Å². The van der Waals surface area contributed by atoms with Crippen molar-refractivity contribution in [1.82, 2.24) is 4.90 Å². The number of aldehydes is 1. The first-order chi connectivity index (χ1) is 6.29. The average molecular weight is 179 g/mol. The van der Waals surface area contributed by atoms with Crippen molar-refractivity contribution in [3.05, 3.63) is 23.7 Å². The Morgan fingerprint density at radius 1 is 1.62 bits per heavy atom. The largest absolute Gasteiger partial charge is 0.457 e. The molecule has 0 radical (unpaired) electrons. The second kappa shape index (κ2) is 3.34. The molecule has 3 nitrogen and oxygen atoms in total. The molecule has 0 bridgehead atoms. The summed E-state index contributed by atoms with van der Waals surface area (Å²) < 4.78 is 5.27. The molecule has 1 aromatic rings. The Kier molecular flexibility index (Phi) is 2.19. The van der Waals surface area contributed by atoms with Crippen LogP contribution in [0, 0.1) is 0 Å². The normalized spacial score (nSPS) is 16.5. The molecule has 0 atom stereocenters. The van der Waals surface area contributed by atoms with Gasteiger partial charge in [0.1, 0.15) is 5.76 Å². The van der Waals surface area contributed by atoms with Crippen LogP contribution in [0.5, 0.6) is 0 Å². The molecule has 1 heterocycles. The fraction of sp³-hybridized carbons (Fsp3) is 0.500. The highest BCUT2D eigenvalue weighted by atomic mass is 16.3. The van der Waals surface area contributed by atoms with E-state index in [0.29, 0.717) is 5.76 Å². The molecule has 1 aliphatic carbocycles. The van der Waals surface area contributed by atoms with Gasteiger partial charge >= 0.3 is 0 Å². The summed E-state index contributed by atoms with van der Waals surface area (Å²) in [7, 11) is 2.08. The quantitative estimate of drug-likeness (QED) is 0.659. The second-order valence-electron chi connectivity index (χ2n) is 3.57. The van der Waals surface area contributed by atoms with Crippen LogP contribution < -0.4 is 0 Å². The van der Waals surface area contributed by atoms with E-state index in [1.54, 1.807) is 6.07 Å². The number of nitrogens with zero attached hydrogens (tertiary/aromatic N) is 1. The molecule has 70 valence electrons. The lowest BCUT2D eigenvalue weighted by atomic mass is 10.4. The Bertz CT molecular complexity index is 302. The zero-order valence-corrected chi connectivity index (χ0v) is 7.69. The van der Waals surface area contributed by atoms with Gasteiger partial charge in [0.05, 0.1) is 6.54 Å². The maximum atomic E-state index is 10.3. The van der Waals surface area contributed by atoms with Gasteiger partial charge in [-0.05, 0) is 32.0 Å². The minimum absolute atomic E-state index is 0.416. The third-order valence-electron chi connectivity index (χ3n) is 2.37. The fourth-order valence-corrected chi connectivity index (χ4v) is 1.43. The summed E-state index contributed by atoms with van der Waals surface area (Å²) in [5, 5.41) is 0. The van der Waals surface area contributed by atoms with E-state index in [-0.39, 0.29) is 0 Å². The lowest BCUT2D eigenvalue weighted by Gasteiger charge is -2.12. The maximum Gasteiger partial charge on any atom is 0.185 e. The van der Waals surface area contributed by atoms with Crippen LogP contribution in [0.2, 0.25) is 0 Å². The third kappa shape index (κ3) is 1.98. The van der Waals surface area contributed by atoms with Crippen LogP contribution in [-0.2, 0) is 6.54 Å². The first kappa shape index (κ1) is 8.51. The Balaban J connectivity index is 1.95. The van der Waals surface area contributed by atoms with Gasteiger partial charge in [-0.15, -0.1) is 0 Å². The van der Waals surface area contributed by atoms with Crippen LogP contribution in [0.4, 0.5) is 0 Å². The number of carbonyl (C=O) groups is 1. The molecule has 2 rings (SSSR count). The zero-order valence-electron chi connectivity index (χ0n) is 7.69. The van der Waals surface area contributed by atoms with E-state index in [1.165, 1.54) is 12.8 Å². The maximum absolute atomic E-state index is 10.3. The summed E-state index contributed by atoms with van der Waals surface area (Å²) in [6.07, 6.45) is 3.32. The number of hydrogen-bond acceptors (Lipinski definition) is 3. The molecular formula is C10H13NO2. The molecule has 0 N–H and O–H groups in total. The highest BCUT2D eigenvalue weighted by Gasteiger charge is 2.26. The Morgan fingerprint density at radius 3 is 2.92 bits per heavy atom. The summed E-state index contributed by atoms with van der Waals surface area (Å²) >= 11 is 0. The van der Waals surface area contributed by atoms with E-state index in [4.69, 9.17) is 4.42 Å². The summed E-state index contributed by atoms with van der Waals surface area (Å²) in [6, 6.07) is 4.30. The van der Waals surface area contributed by atoms with Crippen LogP contribution in [0.25, 0.3) is 0 Å². The molecule has 1 aliphatic rings. The molecule has 0 saturated heterocycles. The van der Waals surface area contributed by atoms with Crippen molar-refractivity contribution in [3.63, 3.8) is 0 Å². The highest BCUT2D eigenvalue weighted by Crippen LogP contribution is 2.26. The molecule has 1 aromatic heterocycles. The van der Waals surface area contributed by atoms with Gasteiger partial charge in [-0.2, -0.15) is 0 Å². The minimum Gasteiger partial charge on any atom is -0.457 e. The summed E-state index contributed by atoms with van der Waals surface area (Å²) in [5.74, 6) is 1.29. The third-order valence-corrected chi connectivity index (χ3v) is 2.37. The summed E-state index contributed by atoms with van der Waals surface area (Å²) in [6.45, 7) is 0.804. The van der Waals surface area contributed by atoms with E-state index in [0.717, 1.165) is 24.6 Å². The molecule has 1 saturated carbocycles. The van der Waals surface area contributed by atoms with Crippen LogP contribution in [0.15, 0.2) is 16.5 Å². The average Bonchev–Trinajstić information content (AvgIpc) is 2.88. The van der Waals surface area contributed by atoms with Crippen molar-refractivity contribution in [3.8, 4) is 0 Å². The van der Waals surface area contributed by atoms with E-state index in [1.807, 2.05) is 6.07 Å². The van der Waals surface area contributed by atoms with Crippen molar-refractivity contribution in [2.75, 3.05) is 7.05 Å². The Labute approximate surface area is 77.3 Å².